The molecule has 2 aliphatic heterocycles. The lowest BCUT2D eigenvalue weighted by atomic mass is 10.0. The Kier molecular flexibility index (Phi) is 5.89. The van der Waals surface area contributed by atoms with E-state index < -0.39 is 0 Å². The molecule has 3 heterocycles. The van der Waals surface area contributed by atoms with Gasteiger partial charge in [-0.3, -0.25) is 14.5 Å². The van der Waals surface area contributed by atoms with Gasteiger partial charge in [0.05, 0.1) is 6.54 Å². The van der Waals surface area contributed by atoms with Gasteiger partial charge < -0.3 is 10.2 Å². The van der Waals surface area contributed by atoms with Crippen LogP contribution < -0.4 is 5.32 Å². The molecule has 5 nitrogen and oxygen atoms in total. The van der Waals surface area contributed by atoms with E-state index in [1.807, 2.05) is 4.90 Å². The molecule has 1 aromatic rings. The van der Waals surface area contributed by atoms with Crippen LogP contribution in [-0.4, -0.2) is 59.9 Å². The van der Waals surface area contributed by atoms with Gasteiger partial charge in [-0.15, -0.1) is 0 Å². The first kappa shape index (κ1) is 17.4. The minimum atomic E-state index is 0.101. The van der Waals surface area contributed by atoms with Gasteiger partial charge in [-0.25, -0.2) is 0 Å². The van der Waals surface area contributed by atoms with Crippen molar-refractivity contribution >= 4 is 23.2 Å². The van der Waals surface area contributed by atoms with Crippen LogP contribution in [0, 0.1) is 0 Å². The molecule has 0 spiro atoms. The molecule has 0 saturated carbocycles. The molecule has 2 aliphatic rings. The summed E-state index contributed by atoms with van der Waals surface area (Å²) in [6, 6.07) is 2.74. The second-order valence-electron chi connectivity index (χ2n) is 6.83. The summed E-state index contributed by atoms with van der Waals surface area (Å²) in [6.45, 7) is 4.64. The number of amides is 2. The van der Waals surface area contributed by atoms with Gasteiger partial charge >= 0.3 is 0 Å². The smallest absolute Gasteiger partial charge is 0.234 e. The Bertz CT molecular complexity index is 561. The van der Waals surface area contributed by atoms with Gasteiger partial charge in [0.1, 0.15) is 0 Å². The topological polar surface area (TPSA) is 52.7 Å². The van der Waals surface area contributed by atoms with Crippen molar-refractivity contribution in [1.82, 2.24) is 15.1 Å². The number of hydrogen-bond acceptors (Lipinski definition) is 4. The Labute approximate surface area is 148 Å². The predicted molar refractivity (Wildman–Crippen MR) is 96.0 cm³/mol. The molecule has 2 amide bonds. The summed E-state index contributed by atoms with van der Waals surface area (Å²) in [5, 5.41) is 7.22. The van der Waals surface area contributed by atoms with Crippen molar-refractivity contribution in [2.45, 2.75) is 51.1 Å². The van der Waals surface area contributed by atoms with E-state index in [-0.39, 0.29) is 11.8 Å². The van der Waals surface area contributed by atoms with Gasteiger partial charge in [0.2, 0.25) is 11.8 Å². The number of hydrogen-bond donors (Lipinski definition) is 1. The summed E-state index contributed by atoms with van der Waals surface area (Å²) in [4.78, 5) is 28.4. The molecule has 0 aromatic carbocycles. The number of nitrogens with zero attached hydrogens (tertiary/aromatic N) is 2. The molecular formula is C18H27N3O2S. The Hall–Kier alpha value is -1.40. The van der Waals surface area contributed by atoms with Crippen LogP contribution in [-0.2, 0) is 16.0 Å². The first-order valence-electron chi connectivity index (χ1n) is 8.94. The van der Waals surface area contributed by atoms with Crippen LogP contribution in [0.1, 0.15) is 38.2 Å². The van der Waals surface area contributed by atoms with Crippen LogP contribution in [0.25, 0.3) is 0 Å². The lowest BCUT2D eigenvalue weighted by Crippen LogP contribution is -2.50. The second kappa shape index (κ2) is 8.12. The van der Waals surface area contributed by atoms with Gasteiger partial charge in [-0.2, -0.15) is 11.3 Å². The van der Waals surface area contributed by atoms with Gasteiger partial charge in [0.25, 0.3) is 0 Å². The van der Waals surface area contributed by atoms with Crippen molar-refractivity contribution in [2.75, 3.05) is 26.2 Å². The van der Waals surface area contributed by atoms with E-state index in [4.69, 9.17) is 0 Å². The first-order chi connectivity index (χ1) is 11.6. The lowest BCUT2D eigenvalue weighted by molar-refractivity contribution is -0.130. The Morgan fingerprint density at radius 2 is 2.04 bits per heavy atom. The summed E-state index contributed by atoms with van der Waals surface area (Å²) in [6.07, 6.45) is 5.26. The summed E-state index contributed by atoms with van der Waals surface area (Å²) >= 11 is 1.69. The highest BCUT2D eigenvalue weighted by molar-refractivity contribution is 7.07. The molecule has 0 bridgehead atoms. The maximum atomic E-state index is 12.3. The molecule has 2 atom stereocenters. The third kappa shape index (κ3) is 4.16. The molecule has 0 aliphatic carbocycles. The fraction of sp³-hybridized carbons (Fsp3) is 0.667. The van der Waals surface area contributed by atoms with E-state index in [2.05, 4.69) is 27.0 Å². The molecule has 3 rings (SSSR count). The third-order valence-electron chi connectivity index (χ3n) is 5.22. The van der Waals surface area contributed by atoms with Gasteiger partial charge in [0.15, 0.2) is 0 Å². The average Bonchev–Trinajstić information content (AvgIpc) is 3.28. The molecule has 24 heavy (non-hydrogen) atoms. The Morgan fingerprint density at radius 1 is 1.25 bits per heavy atom. The number of carbonyl (C=O) groups is 2. The lowest BCUT2D eigenvalue weighted by Gasteiger charge is -2.34. The highest BCUT2D eigenvalue weighted by atomic mass is 32.1. The van der Waals surface area contributed by atoms with Crippen molar-refractivity contribution in [3.63, 3.8) is 0 Å². The monoisotopic (exact) mass is 349 g/mol. The molecule has 0 unspecified atom stereocenters. The van der Waals surface area contributed by atoms with E-state index >= 15 is 0 Å². The van der Waals surface area contributed by atoms with Gasteiger partial charge in [0, 0.05) is 32.1 Å². The number of carbonyl (C=O) groups excluding carboxylic acids is 2. The third-order valence-corrected chi connectivity index (χ3v) is 5.96. The molecular weight excluding hydrogens is 322 g/mol. The van der Waals surface area contributed by atoms with Crippen molar-refractivity contribution in [1.29, 1.82) is 0 Å². The standard InChI is InChI=1S/C18H27N3O2S/c1-14(22)21-10-3-5-17(21)16-4-2-9-20(16)12-18(23)19-8-6-15-7-11-24-13-15/h7,11,13,16-17H,2-6,8-10,12H2,1H3,(H,19,23)/t16-,17-/m1/s1. The van der Waals surface area contributed by atoms with E-state index in [0.29, 0.717) is 25.2 Å². The zero-order valence-corrected chi connectivity index (χ0v) is 15.2. The van der Waals surface area contributed by atoms with Gasteiger partial charge in [-0.1, -0.05) is 0 Å². The molecule has 2 fully saturated rings. The van der Waals surface area contributed by atoms with Crippen molar-refractivity contribution in [3.05, 3.63) is 22.4 Å². The van der Waals surface area contributed by atoms with Gasteiger partial charge in [-0.05, 0) is 61.0 Å². The predicted octanol–water partition coefficient (Wildman–Crippen LogP) is 1.88. The first-order valence-corrected chi connectivity index (χ1v) is 9.88. The summed E-state index contributed by atoms with van der Waals surface area (Å²) in [7, 11) is 0. The van der Waals surface area contributed by atoms with Crippen LogP contribution in [0.5, 0.6) is 0 Å². The zero-order chi connectivity index (χ0) is 16.9. The quantitative estimate of drug-likeness (QED) is 0.853. The zero-order valence-electron chi connectivity index (χ0n) is 14.4. The molecule has 6 heteroatoms. The van der Waals surface area contributed by atoms with Crippen LogP contribution in [0.2, 0.25) is 0 Å². The van der Waals surface area contributed by atoms with Crippen LogP contribution >= 0.6 is 11.3 Å². The average molecular weight is 350 g/mol. The normalized spacial score (nSPS) is 24.5. The van der Waals surface area contributed by atoms with Crippen molar-refractivity contribution < 1.29 is 9.59 Å². The maximum absolute atomic E-state index is 12.3. The SMILES string of the molecule is CC(=O)N1CCC[C@@H]1[C@H]1CCCN1CC(=O)NCCc1ccsc1. The number of rotatable bonds is 6. The van der Waals surface area contributed by atoms with Crippen LogP contribution in [0.3, 0.4) is 0 Å². The largest absolute Gasteiger partial charge is 0.355 e. The fourth-order valence-corrected chi connectivity index (χ4v) is 4.79. The summed E-state index contributed by atoms with van der Waals surface area (Å²) in [5.41, 5.74) is 1.28. The van der Waals surface area contributed by atoms with E-state index in [1.165, 1.54) is 5.56 Å². The minimum absolute atomic E-state index is 0.101. The molecule has 132 valence electrons. The molecule has 2 saturated heterocycles. The Morgan fingerprint density at radius 3 is 2.79 bits per heavy atom. The summed E-state index contributed by atoms with van der Waals surface area (Å²) < 4.78 is 0. The number of nitrogens with one attached hydrogen (secondary N) is 1. The highest BCUT2D eigenvalue weighted by Crippen LogP contribution is 2.29. The fourth-order valence-electron chi connectivity index (χ4n) is 4.09. The second-order valence-corrected chi connectivity index (χ2v) is 7.61. The van der Waals surface area contributed by atoms with E-state index in [1.54, 1.807) is 18.3 Å². The highest BCUT2D eigenvalue weighted by Gasteiger charge is 2.39. The van der Waals surface area contributed by atoms with Crippen LogP contribution in [0.15, 0.2) is 16.8 Å². The molecule has 0 radical (unpaired) electrons. The minimum Gasteiger partial charge on any atom is -0.355 e. The molecule has 1 aromatic heterocycles. The maximum Gasteiger partial charge on any atom is 0.234 e. The van der Waals surface area contributed by atoms with E-state index in [9.17, 15) is 9.59 Å². The van der Waals surface area contributed by atoms with Crippen molar-refractivity contribution in [3.8, 4) is 0 Å². The van der Waals surface area contributed by atoms with Crippen LogP contribution in [0.4, 0.5) is 0 Å². The number of likely N-dealkylation sites (tertiary alicyclic amines) is 2. The molecule has 1 N–H and O–H groups in total. The van der Waals surface area contributed by atoms with E-state index in [0.717, 1.165) is 45.2 Å². The Balaban J connectivity index is 1.48. The van der Waals surface area contributed by atoms with Crippen molar-refractivity contribution in [2.24, 2.45) is 0 Å². The summed E-state index contributed by atoms with van der Waals surface area (Å²) in [5.74, 6) is 0.272. The number of thiophene rings is 1.